The van der Waals surface area contributed by atoms with Crippen molar-refractivity contribution in [1.29, 1.82) is 0 Å². The van der Waals surface area contributed by atoms with Gasteiger partial charge in [-0.2, -0.15) is 9.37 Å². The number of benzene rings is 2. The number of aromatic nitrogens is 2. The number of fused-ring (bicyclic) bond motifs is 1. The zero-order valence-electron chi connectivity index (χ0n) is 18.9. The maximum Gasteiger partial charge on any atom is 0.257 e. The second kappa shape index (κ2) is 9.06. The molecule has 2 aliphatic heterocycles. The van der Waals surface area contributed by atoms with Crippen LogP contribution in [0.3, 0.4) is 0 Å². The van der Waals surface area contributed by atoms with E-state index in [2.05, 4.69) is 32.3 Å². The van der Waals surface area contributed by atoms with Crippen molar-refractivity contribution < 1.29 is 13.9 Å². The molecule has 0 saturated carbocycles. The number of amides is 1. The lowest BCUT2D eigenvalue weighted by molar-refractivity contribution is 0.0977. The van der Waals surface area contributed by atoms with E-state index in [1.54, 1.807) is 30.8 Å². The van der Waals surface area contributed by atoms with E-state index in [0.29, 0.717) is 36.3 Å². The molecule has 2 aliphatic rings. The standard InChI is InChI=1S/C25H24FN5O2S/c1-16-20(26)22(33-2)30-23(28-16)31-14-19-13-27-24(29-21(32)17-9-5-3-6-10-17)34-25(19,15-31)18-11-7-4-8-12-18/h3-12,19H,13-15H2,1-2H3,(H,27,29,32)/t19-,25+/m0/s1. The monoisotopic (exact) mass is 477 g/mol. The lowest BCUT2D eigenvalue weighted by Crippen LogP contribution is -2.42. The summed E-state index contributed by atoms with van der Waals surface area (Å²) < 4.78 is 19.0. The van der Waals surface area contributed by atoms with Crippen LogP contribution >= 0.6 is 11.8 Å². The Kier molecular flexibility index (Phi) is 5.95. The normalized spacial score (nSPS) is 21.6. The largest absolute Gasteiger partial charge is 0.479 e. The van der Waals surface area contributed by atoms with Crippen LogP contribution in [0.2, 0.25) is 0 Å². The fraction of sp³-hybridized carbons (Fsp3) is 0.280. The highest BCUT2D eigenvalue weighted by Gasteiger charge is 2.52. The summed E-state index contributed by atoms with van der Waals surface area (Å²) in [7, 11) is 1.40. The predicted molar refractivity (Wildman–Crippen MR) is 131 cm³/mol. The molecule has 0 spiro atoms. The molecule has 7 nitrogen and oxygen atoms in total. The van der Waals surface area contributed by atoms with E-state index in [4.69, 9.17) is 9.73 Å². The first-order valence-electron chi connectivity index (χ1n) is 11.0. The van der Waals surface area contributed by atoms with E-state index < -0.39 is 5.82 Å². The third-order valence-electron chi connectivity index (χ3n) is 6.23. The number of halogens is 1. The summed E-state index contributed by atoms with van der Waals surface area (Å²) in [5, 5.41) is 3.57. The second-order valence-electron chi connectivity index (χ2n) is 8.33. The Labute approximate surface area is 201 Å². The number of carbonyl (C=O) groups is 1. The summed E-state index contributed by atoms with van der Waals surface area (Å²) in [5.41, 5.74) is 1.96. The molecule has 1 N–H and O–H groups in total. The fourth-order valence-corrected chi connectivity index (χ4v) is 5.91. The number of aliphatic imine (C=N–C) groups is 1. The second-order valence-corrected chi connectivity index (χ2v) is 9.65. The first-order valence-corrected chi connectivity index (χ1v) is 11.8. The molecule has 2 aromatic carbocycles. The van der Waals surface area contributed by atoms with Gasteiger partial charge in [0.1, 0.15) is 0 Å². The van der Waals surface area contributed by atoms with Gasteiger partial charge in [-0.3, -0.25) is 9.79 Å². The van der Waals surface area contributed by atoms with E-state index in [-0.39, 0.29) is 28.1 Å². The van der Waals surface area contributed by atoms with Gasteiger partial charge in [-0.1, -0.05) is 60.3 Å². The van der Waals surface area contributed by atoms with Crippen LogP contribution in [0.15, 0.2) is 65.7 Å². The number of rotatable bonds is 4. The van der Waals surface area contributed by atoms with Crippen LogP contribution in [0.5, 0.6) is 5.88 Å². The highest BCUT2D eigenvalue weighted by molar-refractivity contribution is 8.14. The topological polar surface area (TPSA) is 79.7 Å². The predicted octanol–water partition coefficient (Wildman–Crippen LogP) is 3.80. The van der Waals surface area contributed by atoms with E-state index in [1.165, 1.54) is 7.11 Å². The molecule has 1 aromatic heterocycles. The molecule has 174 valence electrons. The number of anilines is 1. The highest BCUT2D eigenvalue weighted by Crippen LogP contribution is 2.51. The Hall–Kier alpha value is -3.46. The molecule has 0 aliphatic carbocycles. The van der Waals surface area contributed by atoms with Crippen molar-refractivity contribution in [3.63, 3.8) is 0 Å². The molecule has 1 saturated heterocycles. The molecule has 9 heteroatoms. The minimum absolute atomic E-state index is 0.0640. The molecule has 1 amide bonds. The van der Waals surface area contributed by atoms with Crippen molar-refractivity contribution in [2.24, 2.45) is 10.9 Å². The molecule has 3 aromatic rings. The summed E-state index contributed by atoms with van der Waals surface area (Å²) in [6.45, 7) is 3.38. The number of aryl methyl sites for hydroxylation is 1. The van der Waals surface area contributed by atoms with Crippen LogP contribution in [-0.2, 0) is 4.75 Å². The lowest BCUT2D eigenvalue weighted by Gasteiger charge is -2.37. The Morgan fingerprint density at radius 2 is 1.85 bits per heavy atom. The van der Waals surface area contributed by atoms with Crippen molar-refractivity contribution >= 4 is 28.8 Å². The molecule has 5 rings (SSSR count). The van der Waals surface area contributed by atoms with Crippen LogP contribution in [0, 0.1) is 18.7 Å². The van der Waals surface area contributed by atoms with E-state index in [9.17, 15) is 9.18 Å². The Balaban J connectivity index is 1.46. The van der Waals surface area contributed by atoms with Crippen LogP contribution in [0.25, 0.3) is 0 Å². The van der Waals surface area contributed by atoms with Crippen molar-refractivity contribution in [2.45, 2.75) is 11.7 Å². The van der Waals surface area contributed by atoms with Crippen molar-refractivity contribution in [3.8, 4) is 5.88 Å². The lowest BCUT2D eigenvalue weighted by atomic mass is 9.87. The van der Waals surface area contributed by atoms with Gasteiger partial charge in [-0.25, -0.2) is 4.98 Å². The Morgan fingerprint density at radius 3 is 2.56 bits per heavy atom. The van der Waals surface area contributed by atoms with Crippen LogP contribution in [0.4, 0.5) is 10.3 Å². The summed E-state index contributed by atoms with van der Waals surface area (Å²) in [4.78, 5) is 28.3. The third-order valence-corrected chi connectivity index (χ3v) is 7.72. The van der Waals surface area contributed by atoms with Gasteiger partial charge in [0.2, 0.25) is 11.8 Å². The van der Waals surface area contributed by atoms with Gasteiger partial charge in [0.25, 0.3) is 11.8 Å². The zero-order chi connectivity index (χ0) is 23.7. The molecule has 0 unspecified atom stereocenters. The van der Waals surface area contributed by atoms with Gasteiger partial charge < -0.3 is 15.0 Å². The van der Waals surface area contributed by atoms with Gasteiger partial charge in [0.15, 0.2) is 5.17 Å². The smallest absolute Gasteiger partial charge is 0.257 e. The van der Waals surface area contributed by atoms with Crippen LogP contribution < -0.4 is 15.0 Å². The maximum atomic E-state index is 14.3. The quantitative estimate of drug-likeness (QED) is 0.616. The average molecular weight is 478 g/mol. The molecular formula is C25H24FN5O2S. The number of ether oxygens (including phenoxy) is 1. The van der Waals surface area contributed by atoms with Crippen LogP contribution in [0.1, 0.15) is 21.6 Å². The summed E-state index contributed by atoms with van der Waals surface area (Å²) in [6, 6.07) is 19.3. The van der Waals surface area contributed by atoms with E-state index >= 15 is 0 Å². The summed E-state index contributed by atoms with van der Waals surface area (Å²) >= 11 is 1.56. The van der Waals surface area contributed by atoms with Crippen molar-refractivity contribution in [1.82, 2.24) is 15.3 Å². The number of methoxy groups -OCH3 is 1. The molecule has 1 fully saturated rings. The highest BCUT2D eigenvalue weighted by atomic mass is 32.2. The number of nitrogens with one attached hydrogen (secondary N) is 1. The van der Waals surface area contributed by atoms with E-state index in [0.717, 1.165) is 5.56 Å². The maximum absolute atomic E-state index is 14.3. The number of nitrogens with zero attached hydrogens (tertiary/aromatic N) is 4. The minimum atomic E-state index is -0.552. The van der Waals surface area contributed by atoms with Crippen LogP contribution in [-0.4, -0.2) is 47.8 Å². The van der Waals surface area contributed by atoms with Gasteiger partial charge in [0.05, 0.1) is 17.6 Å². The average Bonchev–Trinajstić information content (AvgIpc) is 3.27. The first kappa shape index (κ1) is 22.3. The summed E-state index contributed by atoms with van der Waals surface area (Å²) in [5.74, 6) is -0.228. The molecule has 2 atom stereocenters. The molecule has 0 bridgehead atoms. The molecule has 3 heterocycles. The number of hydrogen-bond acceptors (Lipinski definition) is 7. The third kappa shape index (κ3) is 4.00. The SMILES string of the molecule is COc1nc(N2C[C@@H]3CN=C(NC(=O)c4ccccc4)S[C@@]3(c3ccccc3)C2)nc(C)c1F. The van der Waals surface area contributed by atoms with E-state index in [1.807, 2.05) is 36.4 Å². The van der Waals surface area contributed by atoms with Gasteiger partial charge in [-0.15, -0.1) is 0 Å². The zero-order valence-corrected chi connectivity index (χ0v) is 19.7. The Morgan fingerprint density at radius 1 is 1.15 bits per heavy atom. The number of thioether (sulfide) groups is 1. The van der Waals surface area contributed by atoms with Gasteiger partial charge in [0, 0.05) is 31.1 Å². The van der Waals surface area contributed by atoms with Gasteiger partial charge in [-0.05, 0) is 24.6 Å². The summed E-state index contributed by atoms with van der Waals surface area (Å²) in [6.07, 6.45) is 0. The number of amidine groups is 1. The van der Waals surface area contributed by atoms with Gasteiger partial charge >= 0.3 is 0 Å². The molecular weight excluding hydrogens is 453 g/mol. The van der Waals surface area contributed by atoms with Crippen molar-refractivity contribution in [3.05, 3.63) is 83.3 Å². The minimum Gasteiger partial charge on any atom is -0.479 e. The molecule has 0 radical (unpaired) electrons. The number of hydrogen-bond donors (Lipinski definition) is 1. The number of carbonyl (C=O) groups excluding carboxylic acids is 1. The first-order chi connectivity index (χ1) is 16.5. The fourth-order valence-electron chi connectivity index (χ4n) is 4.49. The molecule has 34 heavy (non-hydrogen) atoms. The van der Waals surface area contributed by atoms with Crippen molar-refractivity contribution in [2.75, 3.05) is 31.6 Å². The Bertz CT molecular complexity index is 1240.